The van der Waals surface area contributed by atoms with E-state index >= 15 is 0 Å². The van der Waals surface area contributed by atoms with Crippen LogP contribution in [0.1, 0.15) is 33.4 Å². The standard InChI is InChI=1S/C25H20BrNO5/c1-3-31-17-11-8-15(9-12-17)25(29)27-22-18-6-4-5-7-20(18)32-24(22)23(28)16-10-13-21(30-2)19(26)14-16/h4-14H,3H2,1-2H3,(H,27,29). The Morgan fingerprint density at radius 2 is 1.72 bits per heavy atom. The average molecular weight is 494 g/mol. The number of ether oxygens (including phenoxy) is 2. The third-order valence-electron chi connectivity index (χ3n) is 4.88. The van der Waals surface area contributed by atoms with E-state index in [-0.39, 0.29) is 17.5 Å². The first-order valence-electron chi connectivity index (χ1n) is 9.95. The van der Waals surface area contributed by atoms with E-state index in [2.05, 4.69) is 21.2 Å². The highest BCUT2D eigenvalue weighted by molar-refractivity contribution is 9.10. The van der Waals surface area contributed by atoms with Gasteiger partial charge in [0.05, 0.1) is 23.9 Å². The molecule has 0 fully saturated rings. The molecule has 0 radical (unpaired) electrons. The predicted octanol–water partition coefficient (Wildman–Crippen LogP) is 6.09. The molecule has 0 bridgehead atoms. The number of furan rings is 1. The Morgan fingerprint density at radius 3 is 2.41 bits per heavy atom. The number of amides is 1. The summed E-state index contributed by atoms with van der Waals surface area (Å²) in [5.41, 5.74) is 1.67. The number of carbonyl (C=O) groups excluding carboxylic acids is 2. The second kappa shape index (κ2) is 9.28. The third-order valence-corrected chi connectivity index (χ3v) is 5.50. The van der Waals surface area contributed by atoms with Crippen LogP contribution in [0.5, 0.6) is 11.5 Å². The fraction of sp³-hybridized carbons (Fsp3) is 0.120. The highest BCUT2D eigenvalue weighted by Crippen LogP contribution is 2.34. The Labute approximate surface area is 193 Å². The molecule has 0 aliphatic rings. The lowest BCUT2D eigenvalue weighted by Gasteiger charge is -2.08. The van der Waals surface area contributed by atoms with Crippen molar-refractivity contribution in [1.29, 1.82) is 0 Å². The van der Waals surface area contributed by atoms with Crippen molar-refractivity contribution in [3.63, 3.8) is 0 Å². The summed E-state index contributed by atoms with van der Waals surface area (Å²) in [6, 6.07) is 19.0. The van der Waals surface area contributed by atoms with Gasteiger partial charge in [-0.05, 0) is 77.5 Å². The summed E-state index contributed by atoms with van der Waals surface area (Å²) in [6.07, 6.45) is 0. The van der Waals surface area contributed by atoms with Gasteiger partial charge in [-0.25, -0.2) is 0 Å². The van der Waals surface area contributed by atoms with Crippen LogP contribution in [0.25, 0.3) is 11.0 Å². The van der Waals surface area contributed by atoms with Gasteiger partial charge < -0.3 is 19.2 Å². The maximum absolute atomic E-state index is 13.3. The minimum atomic E-state index is -0.357. The van der Waals surface area contributed by atoms with Crippen LogP contribution in [0.2, 0.25) is 0 Å². The molecule has 0 aliphatic heterocycles. The van der Waals surface area contributed by atoms with E-state index in [9.17, 15) is 9.59 Å². The molecular weight excluding hydrogens is 474 g/mol. The molecule has 32 heavy (non-hydrogen) atoms. The Morgan fingerprint density at radius 1 is 1.00 bits per heavy atom. The lowest BCUT2D eigenvalue weighted by atomic mass is 10.1. The molecule has 0 spiro atoms. The Balaban J connectivity index is 1.71. The number of anilines is 1. The molecule has 7 heteroatoms. The van der Waals surface area contributed by atoms with Crippen LogP contribution in [0.3, 0.4) is 0 Å². The lowest BCUT2D eigenvalue weighted by Crippen LogP contribution is -2.14. The molecule has 6 nitrogen and oxygen atoms in total. The maximum atomic E-state index is 13.3. The first-order valence-corrected chi connectivity index (χ1v) is 10.7. The molecule has 1 aromatic heterocycles. The number of rotatable bonds is 7. The number of benzene rings is 3. The third kappa shape index (κ3) is 4.24. The smallest absolute Gasteiger partial charge is 0.255 e. The summed E-state index contributed by atoms with van der Waals surface area (Å²) >= 11 is 3.40. The average Bonchev–Trinajstić information content (AvgIpc) is 3.17. The van der Waals surface area contributed by atoms with Gasteiger partial charge >= 0.3 is 0 Å². The fourth-order valence-electron chi connectivity index (χ4n) is 3.32. The van der Waals surface area contributed by atoms with Crippen molar-refractivity contribution in [2.75, 3.05) is 19.0 Å². The summed E-state index contributed by atoms with van der Waals surface area (Å²) in [4.78, 5) is 26.2. The minimum absolute atomic E-state index is 0.0579. The van der Waals surface area contributed by atoms with E-state index < -0.39 is 0 Å². The molecule has 1 heterocycles. The van der Waals surface area contributed by atoms with E-state index in [4.69, 9.17) is 13.9 Å². The number of nitrogens with one attached hydrogen (secondary N) is 1. The molecule has 4 aromatic rings. The Bertz CT molecular complexity index is 1290. The van der Waals surface area contributed by atoms with Crippen molar-refractivity contribution in [3.8, 4) is 11.5 Å². The summed E-state index contributed by atoms with van der Waals surface area (Å²) < 4.78 is 17.2. The van der Waals surface area contributed by atoms with Crippen LogP contribution >= 0.6 is 15.9 Å². The SMILES string of the molecule is CCOc1ccc(C(=O)Nc2c(C(=O)c3ccc(OC)c(Br)c3)oc3ccccc23)cc1. The quantitative estimate of drug-likeness (QED) is 0.315. The van der Waals surface area contributed by atoms with Gasteiger partial charge in [-0.3, -0.25) is 9.59 Å². The van der Waals surface area contributed by atoms with Crippen LogP contribution in [0.4, 0.5) is 5.69 Å². The molecule has 0 aliphatic carbocycles. The number of ketones is 1. The van der Waals surface area contributed by atoms with E-state index in [0.29, 0.717) is 50.4 Å². The van der Waals surface area contributed by atoms with Gasteiger partial charge in [0.2, 0.25) is 5.78 Å². The largest absolute Gasteiger partial charge is 0.496 e. The van der Waals surface area contributed by atoms with Gasteiger partial charge in [0.25, 0.3) is 5.91 Å². The van der Waals surface area contributed by atoms with Crippen molar-refractivity contribution in [2.45, 2.75) is 6.92 Å². The monoisotopic (exact) mass is 493 g/mol. The number of fused-ring (bicyclic) bond motifs is 1. The summed E-state index contributed by atoms with van der Waals surface area (Å²) in [5, 5.41) is 3.50. The fourth-order valence-corrected chi connectivity index (χ4v) is 3.86. The molecule has 1 N–H and O–H groups in total. The minimum Gasteiger partial charge on any atom is -0.496 e. The predicted molar refractivity (Wildman–Crippen MR) is 126 cm³/mol. The van der Waals surface area contributed by atoms with Crippen LogP contribution in [0.15, 0.2) is 75.6 Å². The first kappa shape index (κ1) is 21.6. The van der Waals surface area contributed by atoms with E-state index in [0.717, 1.165) is 0 Å². The number of carbonyl (C=O) groups is 2. The Kier molecular flexibility index (Phi) is 6.28. The number of halogens is 1. The van der Waals surface area contributed by atoms with Crippen molar-refractivity contribution in [2.24, 2.45) is 0 Å². The molecule has 162 valence electrons. The highest BCUT2D eigenvalue weighted by Gasteiger charge is 2.24. The zero-order chi connectivity index (χ0) is 22.7. The van der Waals surface area contributed by atoms with Gasteiger partial charge in [-0.15, -0.1) is 0 Å². The van der Waals surface area contributed by atoms with E-state index in [1.807, 2.05) is 19.1 Å². The summed E-state index contributed by atoms with van der Waals surface area (Å²) in [7, 11) is 1.55. The van der Waals surface area contributed by atoms with Gasteiger partial charge in [0, 0.05) is 16.5 Å². The molecule has 0 atom stereocenters. The van der Waals surface area contributed by atoms with Crippen LogP contribution < -0.4 is 14.8 Å². The highest BCUT2D eigenvalue weighted by atomic mass is 79.9. The van der Waals surface area contributed by atoms with Crippen LogP contribution in [0, 0.1) is 0 Å². The second-order valence-corrected chi connectivity index (χ2v) is 7.75. The number of hydrogen-bond donors (Lipinski definition) is 1. The van der Waals surface area contributed by atoms with Crippen LogP contribution in [-0.4, -0.2) is 25.4 Å². The topological polar surface area (TPSA) is 77.8 Å². The van der Waals surface area contributed by atoms with Gasteiger partial charge in [0.1, 0.15) is 17.1 Å². The van der Waals surface area contributed by atoms with Crippen molar-refractivity contribution in [3.05, 3.63) is 88.1 Å². The Hall–Kier alpha value is -3.58. The molecule has 1 amide bonds. The molecule has 4 rings (SSSR count). The lowest BCUT2D eigenvalue weighted by molar-refractivity contribution is 0.101. The zero-order valence-electron chi connectivity index (χ0n) is 17.5. The maximum Gasteiger partial charge on any atom is 0.255 e. The summed E-state index contributed by atoms with van der Waals surface area (Å²) in [6.45, 7) is 2.43. The number of para-hydroxylation sites is 1. The van der Waals surface area contributed by atoms with Crippen LogP contribution in [-0.2, 0) is 0 Å². The molecule has 0 saturated heterocycles. The van der Waals surface area contributed by atoms with E-state index in [1.165, 1.54) is 0 Å². The molecule has 0 saturated carbocycles. The normalized spacial score (nSPS) is 10.7. The summed E-state index contributed by atoms with van der Waals surface area (Å²) in [5.74, 6) is 0.632. The molecular formula is C25H20BrNO5. The van der Waals surface area contributed by atoms with Crippen molar-refractivity contribution >= 4 is 44.3 Å². The number of methoxy groups -OCH3 is 1. The van der Waals surface area contributed by atoms with E-state index in [1.54, 1.807) is 61.7 Å². The van der Waals surface area contributed by atoms with Gasteiger partial charge in [-0.2, -0.15) is 0 Å². The zero-order valence-corrected chi connectivity index (χ0v) is 19.1. The van der Waals surface area contributed by atoms with Crippen molar-refractivity contribution in [1.82, 2.24) is 0 Å². The van der Waals surface area contributed by atoms with Gasteiger partial charge in [-0.1, -0.05) is 12.1 Å². The van der Waals surface area contributed by atoms with Crippen molar-refractivity contribution < 1.29 is 23.5 Å². The second-order valence-electron chi connectivity index (χ2n) is 6.89. The first-order chi connectivity index (χ1) is 15.5. The number of hydrogen-bond acceptors (Lipinski definition) is 5. The molecule has 0 unspecified atom stereocenters. The molecule has 3 aromatic carbocycles. The van der Waals surface area contributed by atoms with Gasteiger partial charge in [0.15, 0.2) is 5.76 Å².